The number of fused-ring (bicyclic) bond motifs is 12. The van der Waals surface area contributed by atoms with Crippen molar-refractivity contribution >= 4 is 34.1 Å². The molecule has 0 fully saturated rings. The number of nitrogens with zero attached hydrogens (tertiary/aromatic N) is 2. The van der Waals surface area contributed by atoms with E-state index in [0.717, 1.165) is 34.1 Å². The predicted molar refractivity (Wildman–Crippen MR) is 467 cm³/mol. The van der Waals surface area contributed by atoms with Crippen molar-refractivity contribution in [1.82, 2.24) is 0 Å². The molecular formula is C110H80N2. The summed E-state index contributed by atoms with van der Waals surface area (Å²) in [5.74, 6) is 0. The molecule has 17 aromatic rings. The van der Waals surface area contributed by atoms with Crippen molar-refractivity contribution in [2.24, 2.45) is 0 Å². The van der Waals surface area contributed by atoms with E-state index in [0.29, 0.717) is 0 Å². The molecule has 0 heterocycles. The second-order valence-corrected chi connectivity index (χ2v) is 31.8. The lowest BCUT2D eigenvalue weighted by atomic mass is 9.67. The molecule has 0 N–H and O–H groups in total. The fourth-order valence-corrected chi connectivity index (χ4v) is 19.9. The van der Waals surface area contributed by atoms with Crippen molar-refractivity contribution in [3.8, 4) is 89.0 Å². The zero-order chi connectivity index (χ0) is 74.9. The minimum absolute atomic E-state index is 0.179. The highest BCUT2D eigenvalue weighted by molar-refractivity contribution is 5.95. The molecule has 4 aliphatic carbocycles. The highest BCUT2D eigenvalue weighted by Gasteiger charge is 2.49. The van der Waals surface area contributed by atoms with Crippen molar-refractivity contribution in [3.05, 3.63) is 479 Å². The Kier molecular flexibility index (Phi) is 15.5. The molecule has 17 aromatic carbocycles. The van der Waals surface area contributed by atoms with Gasteiger partial charge in [0.1, 0.15) is 0 Å². The first-order chi connectivity index (χ1) is 55.0. The van der Waals surface area contributed by atoms with Crippen LogP contribution in [0.1, 0.15) is 94.5 Å². The Labute approximate surface area is 657 Å². The van der Waals surface area contributed by atoms with Gasteiger partial charge < -0.3 is 9.80 Å². The fraction of sp³-hybridized carbons (Fsp3) is 0.0727. The van der Waals surface area contributed by atoms with Crippen LogP contribution in [-0.2, 0) is 21.7 Å². The van der Waals surface area contributed by atoms with E-state index in [-0.39, 0.29) is 10.8 Å². The van der Waals surface area contributed by atoms with Crippen molar-refractivity contribution < 1.29 is 0 Å². The van der Waals surface area contributed by atoms with E-state index >= 15 is 0 Å². The minimum atomic E-state index is -0.659. The standard InChI is InChI=1S/C110H80N2/c1-107(2)99-39-23-20-36-91(99)95-64-59-87(69-103(95)107)111(85-55-48-77(49-56-85)74-28-12-6-13-29-74)90-62-67-98-93-38-22-25-41-101(93)110(106(98)72-90,83-34-18-9-19-35-83)84-53-46-79(47-54-84)80-52-63-94-96-65-60-88(70-104(96)108(3,4)102(94)68-80)112(86-57-50-78(51-58-86)76-44-42-75(43-45-76)73-26-10-5-11-27-73)89-61-66-97-92-37-21-24-40-100(92)109(105(97)71-89,81-30-14-7-15-31-81)82-32-16-8-17-33-82/h5-72H,1-4H3. The molecule has 0 aromatic heterocycles. The normalized spacial score (nSPS) is 15.0. The third-order valence-corrected chi connectivity index (χ3v) is 25.3. The molecule has 1 atom stereocenters. The topological polar surface area (TPSA) is 6.48 Å². The van der Waals surface area contributed by atoms with Gasteiger partial charge in [0.25, 0.3) is 0 Å². The van der Waals surface area contributed by atoms with Gasteiger partial charge in [-0.1, -0.05) is 361 Å². The molecule has 4 aliphatic rings. The van der Waals surface area contributed by atoms with Crippen molar-refractivity contribution in [1.29, 1.82) is 0 Å². The van der Waals surface area contributed by atoms with E-state index < -0.39 is 10.8 Å². The molecule has 0 saturated carbocycles. The van der Waals surface area contributed by atoms with Crippen molar-refractivity contribution in [3.63, 3.8) is 0 Å². The van der Waals surface area contributed by atoms with Crippen LogP contribution in [-0.4, -0.2) is 0 Å². The van der Waals surface area contributed by atoms with E-state index in [1.54, 1.807) is 0 Å². The van der Waals surface area contributed by atoms with Crippen LogP contribution in [0.5, 0.6) is 0 Å². The lowest BCUT2D eigenvalue weighted by Crippen LogP contribution is -2.28. The van der Waals surface area contributed by atoms with Gasteiger partial charge in [0.15, 0.2) is 0 Å². The summed E-state index contributed by atoms with van der Waals surface area (Å²) in [4.78, 5) is 4.99. The minimum Gasteiger partial charge on any atom is -0.310 e. The predicted octanol–water partition coefficient (Wildman–Crippen LogP) is 28.6. The van der Waals surface area contributed by atoms with Gasteiger partial charge in [-0.25, -0.2) is 0 Å². The van der Waals surface area contributed by atoms with E-state index in [4.69, 9.17) is 0 Å². The average molecular weight is 1430 g/mol. The number of anilines is 6. The second kappa shape index (κ2) is 26.0. The third kappa shape index (κ3) is 10.2. The summed E-state index contributed by atoms with van der Waals surface area (Å²) in [5, 5.41) is 0. The Balaban J connectivity index is 0.662. The largest absolute Gasteiger partial charge is 0.310 e. The number of rotatable bonds is 14. The number of benzene rings is 17. The van der Waals surface area contributed by atoms with Crippen LogP contribution in [0.4, 0.5) is 34.1 Å². The van der Waals surface area contributed by atoms with Gasteiger partial charge in [0.05, 0.1) is 10.8 Å². The van der Waals surface area contributed by atoms with Gasteiger partial charge in [-0.05, 0) is 235 Å². The number of hydrogen-bond acceptors (Lipinski definition) is 2. The number of hydrogen-bond donors (Lipinski definition) is 0. The highest BCUT2D eigenvalue weighted by Crippen LogP contribution is 2.61. The summed E-state index contributed by atoms with van der Waals surface area (Å²) in [6.45, 7) is 9.61. The van der Waals surface area contributed by atoms with Crippen LogP contribution in [0.2, 0.25) is 0 Å². The van der Waals surface area contributed by atoms with Gasteiger partial charge in [-0.2, -0.15) is 0 Å². The summed E-state index contributed by atoms with van der Waals surface area (Å²) in [6.07, 6.45) is 0. The first kappa shape index (κ1) is 66.5. The molecule has 21 rings (SSSR count). The van der Waals surface area contributed by atoms with Crippen LogP contribution in [0.25, 0.3) is 89.0 Å². The summed E-state index contributed by atoms with van der Waals surface area (Å²) < 4.78 is 0. The zero-order valence-electron chi connectivity index (χ0n) is 63.2. The van der Waals surface area contributed by atoms with Crippen LogP contribution in [0.15, 0.2) is 413 Å². The smallest absolute Gasteiger partial charge is 0.0714 e. The Hall–Kier alpha value is -13.7. The Bertz CT molecular complexity index is 6460. The van der Waals surface area contributed by atoms with Crippen LogP contribution < -0.4 is 9.80 Å². The van der Waals surface area contributed by atoms with Crippen LogP contribution in [0, 0.1) is 0 Å². The second-order valence-electron chi connectivity index (χ2n) is 31.8. The molecule has 1 unspecified atom stereocenters. The maximum Gasteiger partial charge on any atom is 0.0714 e. The SMILES string of the molecule is CC1(C)c2ccccc2-c2ccc(N(c3ccc(-c4ccccc4)cc3)c3ccc4c(c3)C(c3ccccc3)(c3ccc(-c5ccc6c(c5)C(C)(C)c5cc(N(c7ccc(-c8ccc(-c9ccccc9)cc8)cc7)c7ccc8c(c7)C(c7ccccc7)(c7ccccc7)c7ccccc7-8)ccc5-6)cc3)c3ccccc3-4)cc21. The first-order valence-corrected chi connectivity index (χ1v) is 39.4. The lowest BCUT2D eigenvalue weighted by Gasteiger charge is -2.35. The molecule has 2 heteroatoms. The lowest BCUT2D eigenvalue weighted by molar-refractivity contribution is 0.660. The van der Waals surface area contributed by atoms with Gasteiger partial charge >= 0.3 is 0 Å². The molecular weight excluding hydrogens is 1350 g/mol. The fourth-order valence-electron chi connectivity index (χ4n) is 19.9. The molecule has 0 saturated heterocycles. The van der Waals surface area contributed by atoms with E-state index in [1.165, 1.54) is 156 Å². The van der Waals surface area contributed by atoms with Crippen molar-refractivity contribution in [2.45, 2.75) is 49.4 Å². The molecule has 0 bridgehead atoms. The van der Waals surface area contributed by atoms with E-state index in [9.17, 15) is 0 Å². The zero-order valence-corrected chi connectivity index (χ0v) is 63.2. The third-order valence-electron chi connectivity index (χ3n) is 25.3. The molecule has 0 amide bonds. The van der Waals surface area contributed by atoms with Gasteiger partial charge in [0.2, 0.25) is 0 Å². The average Bonchev–Trinajstić information content (AvgIpc) is 1.54. The van der Waals surface area contributed by atoms with Gasteiger partial charge in [-0.15, -0.1) is 0 Å². The Morgan fingerprint density at radius 3 is 0.759 bits per heavy atom. The summed E-state index contributed by atoms with van der Waals surface area (Å²) >= 11 is 0. The molecule has 0 spiro atoms. The monoisotopic (exact) mass is 1430 g/mol. The van der Waals surface area contributed by atoms with Crippen LogP contribution in [0.3, 0.4) is 0 Å². The summed E-state index contributed by atoms with van der Waals surface area (Å²) in [5.41, 5.74) is 40.0. The molecule has 112 heavy (non-hydrogen) atoms. The quantitative estimate of drug-likeness (QED) is 0.107. The Morgan fingerprint density at radius 1 is 0.152 bits per heavy atom. The molecule has 2 nitrogen and oxygen atoms in total. The van der Waals surface area contributed by atoms with E-state index in [1.807, 2.05) is 0 Å². The maximum absolute atomic E-state index is 2.51. The van der Waals surface area contributed by atoms with Crippen LogP contribution >= 0.6 is 0 Å². The summed E-state index contributed by atoms with van der Waals surface area (Å²) in [6, 6.07) is 155. The van der Waals surface area contributed by atoms with Crippen molar-refractivity contribution in [2.75, 3.05) is 9.80 Å². The van der Waals surface area contributed by atoms with Gasteiger partial charge in [-0.3, -0.25) is 0 Å². The van der Waals surface area contributed by atoms with Gasteiger partial charge in [0, 0.05) is 45.0 Å². The van der Waals surface area contributed by atoms with E-state index in [2.05, 4.69) is 450 Å². The highest BCUT2D eigenvalue weighted by atomic mass is 15.1. The summed E-state index contributed by atoms with van der Waals surface area (Å²) in [7, 11) is 0. The first-order valence-electron chi connectivity index (χ1n) is 39.4. The Morgan fingerprint density at radius 2 is 0.375 bits per heavy atom. The molecule has 0 aliphatic heterocycles. The maximum atomic E-state index is 2.51. The molecule has 0 radical (unpaired) electrons. The molecule has 530 valence electrons.